The fourth-order valence-electron chi connectivity index (χ4n) is 3.05. The van der Waals surface area contributed by atoms with Gasteiger partial charge in [0.05, 0.1) is 17.0 Å². The lowest BCUT2D eigenvalue weighted by Gasteiger charge is -2.13. The van der Waals surface area contributed by atoms with Crippen LogP contribution in [0.5, 0.6) is 11.5 Å². The second-order valence-electron chi connectivity index (χ2n) is 7.52. The maximum absolute atomic E-state index is 12.8. The van der Waals surface area contributed by atoms with Gasteiger partial charge in [0, 0.05) is 11.4 Å². The van der Waals surface area contributed by atoms with Crippen LogP contribution >= 0.6 is 11.6 Å². The summed E-state index contributed by atoms with van der Waals surface area (Å²) in [4.78, 5) is 12.3. The van der Waals surface area contributed by atoms with Gasteiger partial charge in [0.1, 0.15) is 11.5 Å². The topological polar surface area (TPSA) is 93.7 Å². The lowest BCUT2D eigenvalue weighted by molar-refractivity contribution is -0.118. The maximum Gasteiger partial charge on any atom is 0.262 e. The molecule has 2 N–H and O–H groups in total. The first kappa shape index (κ1) is 24.4. The predicted octanol–water partition coefficient (Wildman–Crippen LogP) is 5.09. The van der Waals surface area contributed by atoms with Crippen LogP contribution in [-0.4, -0.2) is 28.0 Å². The number of nitrogens with one attached hydrogen (secondary N) is 2. The molecule has 0 aromatic heterocycles. The van der Waals surface area contributed by atoms with Gasteiger partial charge in [0.25, 0.3) is 15.9 Å². The van der Waals surface area contributed by atoms with Crippen molar-refractivity contribution in [3.05, 3.63) is 76.3 Å². The summed E-state index contributed by atoms with van der Waals surface area (Å²) in [5.74, 6) is 0.523. The molecular weight excluding hydrogens is 464 g/mol. The van der Waals surface area contributed by atoms with Crippen molar-refractivity contribution < 1.29 is 22.7 Å². The average Bonchev–Trinajstić information content (AvgIpc) is 2.75. The number of sulfonamides is 1. The minimum atomic E-state index is -3.77. The van der Waals surface area contributed by atoms with Gasteiger partial charge in [-0.05, 0) is 86.0 Å². The number of hydrogen-bond donors (Lipinski definition) is 2. The van der Waals surface area contributed by atoms with Crippen molar-refractivity contribution in [3.8, 4) is 11.5 Å². The summed E-state index contributed by atoms with van der Waals surface area (Å²) in [6, 6.07) is 14.7. The van der Waals surface area contributed by atoms with Crippen LogP contribution in [0.4, 0.5) is 11.4 Å². The zero-order valence-corrected chi connectivity index (χ0v) is 20.3. The number of aryl methyl sites for hydroxylation is 3. The van der Waals surface area contributed by atoms with Crippen molar-refractivity contribution in [1.82, 2.24) is 0 Å². The molecule has 0 spiro atoms. The second kappa shape index (κ2) is 10.1. The molecule has 0 bridgehead atoms. The fourth-order valence-corrected chi connectivity index (χ4v) is 4.45. The summed E-state index contributed by atoms with van der Waals surface area (Å²) in [6.45, 7) is 5.34. The van der Waals surface area contributed by atoms with Crippen molar-refractivity contribution in [2.45, 2.75) is 25.7 Å². The molecule has 0 aliphatic carbocycles. The molecule has 3 aromatic rings. The van der Waals surface area contributed by atoms with Crippen molar-refractivity contribution >= 4 is 38.9 Å². The molecule has 0 radical (unpaired) electrons. The van der Waals surface area contributed by atoms with Gasteiger partial charge in [0.15, 0.2) is 6.61 Å². The Hall–Kier alpha value is -3.23. The van der Waals surface area contributed by atoms with E-state index < -0.39 is 10.0 Å². The lowest BCUT2D eigenvalue weighted by Crippen LogP contribution is -2.20. The number of amides is 1. The molecule has 0 aliphatic heterocycles. The number of hydrogen-bond acceptors (Lipinski definition) is 5. The molecule has 0 saturated carbocycles. The molecule has 3 rings (SSSR count). The van der Waals surface area contributed by atoms with Crippen LogP contribution in [0.15, 0.2) is 59.5 Å². The highest BCUT2D eigenvalue weighted by molar-refractivity contribution is 7.92. The van der Waals surface area contributed by atoms with Gasteiger partial charge in [0.2, 0.25) is 0 Å². The standard InChI is InChI=1S/C24H25ClN2O5S/c1-15-5-6-19(11-16(15)2)27-33(29,30)20-8-10-22(17(3)12-20)32-14-24(28)26-18-7-9-23(31-4)21(25)13-18/h5-13,27H,14H2,1-4H3,(H,26,28). The van der Waals surface area contributed by atoms with Crippen LogP contribution in [0.1, 0.15) is 16.7 Å². The Kier molecular flexibility index (Phi) is 7.50. The number of ether oxygens (including phenoxy) is 2. The number of carbonyl (C=O) groups is 1. The molecule has 0 fully saturated rings. The SMILES string of the molecule is COc1ccc(NC(=O)COc2ccc(S(=O)(=O)Nc3ccc(C)c(C)c3)cc2C)cc1Cl. The molecule has 33 heavy (non-hydrogen) atoms. The van der Waals surface area contributed by atoms with E-state index in [4.69, 9.17) is 21.1 Å². The van der Waals surface area contributed by atoms with Gasteiger partial charge in [-0.15, -0.1) is 0 Å². The van der Waals surface area contributed by atoms with E-state index >= 15 is 0 Å². The van der Waals surface area contributed by atoms with Gasteiger partial charge >= 0.3 is 0 Å². The van der Waals surface area contributed by atoms with E-state index in [-0.39, 0.29) is 17.4 Å². The summed E-state index contributed by atoms with van der Waals surface area (Å²) < 4.78 is 38.8. The first-order valence-electron chi connectivity index (χ1n) is 10.1. The van der Waals surface area contributed by atoms with Crippen LogP contribution in [-0.2, 0) is 14.8 Å². The molecule has 174 valence electrons. The van der Waals surface area contributed by atoms with Gasteiger partial charge in [-0.25, -0.2) is 8.42 Å². The van der Waals surface area contributed by atoms with Crippen molar-refractivity contribution in [2.24, 2.45) is 0 Å². The van der Waals surface area contributed by atoms with E-state index in [1.165, 1.54) is 25.3 Å². The highest BCUT2D eigenvalue weighted by Crippen LogP contribution is 2.27. The molecule has 0 atom stereocenters. The molecular formula is C24H25ClN2O5S. The van der Waals surface area contributed by atoms with Gasteiger partial charge in [-0.3, -0.25) is 9.52 Å². The largest absolute Gasteiger partial charge is 0.495 e. The molecule has 9 heteroatoms. The first-order valence-corrected chi connectivity index (χ1v) is 11.9. The lowest BCUT2D eigenvalue weighted by atomic mass is 10.1. The van der Waals surface area contributed by atoms with Crippen LogP contribution in [0.3, 0.4) is 0 Å². The van der Waals surface area contributed by atoms with Crippen LogP contribution in [0.25, 0.3) is 0 Å². The Balaban J connectivity index is 1.64. The number of halogens is 1. The molecule has 0 aliphatic rings. The molecule has 3 aromatic carbocycles. The third kappa shape index (κ3) is 6.18. The van der Waals surface area contributed by atoms with E-state index in [1.54, 1.807) is 37.3 Å². The number of methoxy groups -OCH3 is 1. The van der Waals surface area contributed by atoms with Gasteiger partial charge in [-0.1, -0.05) is 17.7 Å². The number of rotatable bonds is 8. The Bertz CT molecular complexity index is 1290. The Labute approximate surface area is 198 Å². The van der Waals surface area contributed by atoms with E-state index in [2.05, 4.69) is 10.0 Å². The minimum Gasteiger partial charge on any atom is -0.495 e. The van der Waals surface area contributed by atoms with E-state index in [9.17, 15) is 13.2 Å². The molecule has 1 amide bonds. The van der Waals surface area contributed by atoms with Gasteiger partial charge in [-0.2, -0.15) is 0 Å². The Morgan fingerprint density at radius 2 is 1.58 bits per heavy atom. The zero-order chi connectivity index (χ0) is 24.2. The third-order valence-electron chi connectivity index (χ3n) is 5.01. The molecule has 0 unspecified atom stereocenters. The maximum atomic E-state index is 12.8. The molecule has 7 nitrogen and oxygen atoms in total. The third-order valence-corrected chi connectivity index (χ3v) is 6.68. The van der Waals surface area contributed by atoms with Gasteiger partial charge < -0.3 is 14.8 Å². The smallest absolute Gasteiger partial charge is 0.262 e. The van der Waals surface area contributed by atoms with Crippen LogP contribution in [0.2, 0.25) is 5.02 Å². The summed E-state index contributed by atoms with van der Waals surface area (Å²) in [5.41, 5.74) is 3.65. The van der Waals surface area contributed by atoms with E-state index in [0.29, 0.717) is 33.5 Å². The number of anilines is 2. The summed E-state index contributed by atoms with van der Waals surface area (Å²) in [7, 11) is -2.27. The van der Waals surface area contributed by atoms with Crippen molar-refractivity contribution in [1.29, 1.82) is 0 Å². The summed E-state index contributed by atoms with van der Waals surface area (Å²) in [5, 5.41) is 3.06. The monoisotopic (exact) mass is 488 g/mol. The number of benzene rings is 3. The predicted molar refractivity (Wildman–Crippen MR) is 130 cm³/mol. The highest BCUT2D eigenvalue weighted by Gasteiger charge is 2.17. The minimum absolute atomic E-state index is 0.0999. The zero-order valence-electron chi connectivity index (χ0n) is 18.7. The van der Waals surface area contributed by atoms with Crippen molar-refractivity contribution in [3.63, 3.8) is 0 Å². The first-order chi connectivity index (χ1) is 15.6. The van der Waals surface area contributed by atoms with E-state index in [1.807, 2.05) is 19.9 Å². The summed E-state index contributed by atoms with van der Waals surface area (Å²) >= 11 is 6.06. The highest BCUT2D eigenvalue weighted by atomic mass is 35.5. The average molecular weight is 489 g/mol. The quantitative estimate of drug-likeness (QED) is 0.460. The Morgan fingerprint density at radius 3 is 2.21 bits per heavy atom. The normalized spacial score (nSPS) is 11.1. The number of carbonyl (C=O) groups excluding carboxylic acids is 1. The molecule has 0 heterocycles. The van der Waals surface area contributed by atoms with E-state index in [0.717, 1.165) is 11.1 Å². The van der Waals surface area contributed by atoms with Crippen molar-refractivity contribution in [2.75, 3.05) is 23.8 Å². The summed E-state index contributed by atoms with van der Waals surface area (Å²) in [6.07, 6.45) is 0. The Morgan fingerprint density at radius 1 is 0.879 bits per heavy atom. The van der Waals surface area contributed by atoms with Crippen LogP contribution < -0.4 is 19.5 Å². The fraction of sp³-hybridized carbons (Fsp3) is 0.208. The van der Waals surface area contributed by atoms with Crippen LogP contribution in [0, 0.1) is 20.8 Å². The molecule has 0 saturated heterocycles. The second-order valence-corrected chi connectivity index (χ2v) is 9.61.